The molecule has 0 aliphatic heterocycles. The number of aromatic nitrogens is 3. The van der Waals surface area contributed by atoms with Crippen LogP contribution in [0.3, 0.4) is 0 Å². The van der Waals surface area contributed by atoms with Crippen molar-refractivity contribution < 1.29 is 22.0 Å². The summed E-state index contributed by atoms with van der Waals surface area (Å²) in [7, 11) is 0. The summed E-state index contributed by atoms with van der Waals surface area (Å²) in [6.07, 6.45) is -0.352. The predicted molar refractivity (Wildman–Crippen MR) is 90.7 cm³/mol. The van der Waals surface area contributed by atoms with Crippen molar-refractivity contribution in [2.45, 2.75) is 13.0 Å². The molecule has 0 spiro atoms. The third-order valence-electron chi connectivity index (χ3n) is 3.60. The fourth-order valence-corrected chi connectivity index (χ4v) is 2.33. The zero-order valence-electron chi connectivity index (χ0n) is 14.2. The van der Waals surface area contributed by atoms with Crippen LogP contribution in [0.15, 0.2) is 47.1 Å². The number of rotatable bonds is 6. The van der Waals surface area contributed by atoms with E-state index in [1.807, 2.05) is 0 Å². The Labute approximate surface area is 156 Å². The molecule has 0 amide bonds. The lowest BCUT2D eigenvalue weighted by atomic mass is 10.1. The minimum absolute atomic E-state index is 0.0587. The van der Waals surface area contributed by atoms with Crippen LogP contribution in [0, 0.1) is 11.6 Å². The number of halogens is 4. The normalized spacial score (nSPS) is 11.9. The molecule has 0 aliphatic rings. The van der Waals surface area contributed by atoms with Crippen LogP contribution in [0.2, 0.25) is 0 Å². The molecular weight excluding hydrogens is 380 g/mol. The van der Waals surface area contributed by atoms with Crippen LogP contribution in [0.4, 0.5) is 17.6 Å². The lowest BCUT2D eigenvalue weighted by Crippen LogP contribution is -2.26. The van der Waals surface area contributed by atoms with E-state index < -0.39 is 24.0 Å². The number of alkyl halides is 2. The van der Waals surface area contributed by atoms with Gasteiger partial charge in [-0.05, 0) is 24.3 Å². The molecule has 11 heteroatoms. The zero-order chi connectivity index (χ0) is 20.3. The molecule has 2 heterocycles. The molecule has 0 unspecified atom stereocenters. The highest BCUT2D eigenvalue weighted by Crippen LogP contribution is 2.23. The van der Waals surface area contributed by atoms with Crippen molar-refractivity contribution in [3.63, 3.8) is 0 Å². The first-order valence-corrected chi connectivity index (χ1v) is 7.85. The van der Waals surface area contributed by atoms with Crippen molar-refractivity contribution in [1.82, 2.24) is 20.2 Å². The molecule has 3 aromatic rings. The summed E-state index contributed by atoms with van der Waals surface area (Å²) < 4.78 is 57.3. The summed E-state index contributed by atoms with van der Waals surface area (Å²) in [5, 5.41) is 7.85. The van der Waals surface area contributed by atoms with E-state index in [-0.39, 0.29) is 23.7 Å². The molecule has 0 fully saturated rings. The largest absolute Gasteiger partial charge is 0.415 e. The molecule has 1 aromatic carbocycles. The molecule has 0 bridgehead atoms. The molecule has 0 radical (unpaired) electrons. The van der Waals surface area contributed by atoms with Crippen molar-refractivity contribution in [2.75, 3.05) is 0 Å². The average Bonchev–Trinajstić information content (AvgIpc) is 3.12. The SMILES string of the molecule is N/C(=C\N(N)Cc1ccc(-c2nnc(C(F)F)o2)cn1)c1c(F)cccc1F. The highest BCUT2D eigenvalue weighted by atomic mass is 19.3. The van der Waals surface area contributed by atoms with Gasteiger partial charge in [0.25, 0.3) is 5.89 Å². The van der Waals surface area contributed by atoms with Gasteiger partial charge in [-0.3, -0.25) is 4.98 Å². The Morgan fingerprint density at radius 3 is 2.43 bits per heavy atom. The molecule has 4 N–H and O–H groups in total. The smallest absolute Gasteiger partial charge is 0.314 e. The number of hydrogen-bond donors (Lipinski definition) is 2. The van der Waals surface area contributed by atoms with Gasteiger partial charge in [-0.1, -0.05) is 6.07 Å². The number of benzene rings is 1. The summed E-state index contributed by atoms with van der Waals surface area (Å²) in [4.78, 5) is 4.11. The summed E-state index contributed by atoms with van der Waals surface area (Å²) in [6, 6.07) is 6.47. The fourth-order valence-electron chi connectivity index (χ4n) is 2.33. The Hall–Kier alpha value is -3.47. The minimum Gasteiger partial charge on any atom is -0.415 e. The molecular formula is C17H14F4N6O. The van der Waals surface area contributed by atoms with E-state index in [1.165, 1.54) is 24.5 Å². The van der Waals surface area contributed by atoms with Crippen molar-refractivity contribution >= 4 is 5.70 Å². The van der Waals surface area contributed by atoms with Crippen LogP contribution in [-0.4, -0.2) is 20.2 Å². The molecule has 3 rings (SSSR count). The van der Waals surface area contributed by atoms with Gasteiger partial charge in [0.1, 0.15) is 11.6 Å². The van der Waals surface area contributed by atoms with Gasteiger partial charge in [0.15, 0.2) is 0 Å². The third-order valence-corrected chi connectivity index (χ3v) is 3.60. The van der Waals surface area contributed by atoms with Gasteiger partial charge in [0.05, 0.1) is 29.1 Å². The summed E-state index contributed by atoms with van der Waals surface area (Å²) >= 11 is 0. The molecule has 0 aliphatic carbocycles. The van der Waals surface area contributed by atoms with Crippen molar-refractivity contribution in [3.05, 3.63) is 71.5 Å². The quantitative estimate of drug-likeness (QED) is 0.376. The van der Waals surface area contributed by atoms with Crippen LogP contribution >= 0.6 is 0 Å². The Bertz CT molecular complexity index is 969. The molecule has 7 nitrogen and oxygen atoms in total. The summed E-state index contributed by atoms with van der Waals surface area (Å²) in [6.45, 7) is 0.0587. The second-order valence-electron chi connectivity index (χ2n) is 5.64. The Balaban J connectivity index is 1.71. The van der Waals surface area contributed by atoms with E-state index in [1.54, 1.807) is 6.07 Å². The third kappa shape index (κ3) is 4.26. The number of hydrazine groups is 1. The van der Waals surface area contributed by atoms with E-state index in [9.17, 15) is 17.6 Å². The topological polar surface area (TPSA) is 107 Å². The summed E-state index contributed by atoms with van der Waals surface area (Å²) in [5.41, 5.74) is 5.96. The van der Waals surface area contributed by atoms with Crippen molar-refractivity contribution in [1.29, 1.82) is 0 Å². The van der Waals surface area contributed by atoms with Crippen LogP contribution in [0.1, 0.15) is 23.6 Å². The van der Waals surface area contributed by atoms with E-state index >= 15 is 0 Å². The average molecular weight is 394 g/mol. The van der Waals surface area contributed by atoms with E-state index in [0.717, 1.165) is 17.1 Å². The predicted octanol–water partition coefficient (Wildman–Crippen LogP) is 2.98. The first-order chi connectivity index (χ1) is 13.3. The Kier molecular flexibility index (Phi) is 5.54. The lowest BCUT2D eigenvalue weighted by molar-refractivity contribution is 0.116. The lowest BCUT2D eigenvalue weighted by Gasteiger charge is -2.15. The number of hydrogen-bond acceptors (Lipinski definition) is 7. The Morgan fingerprint density at radius 2 is 1.86 bits per heavy atom. The first-order valence-electron chi connectivity index (χ1n) is 7.85. The van der Waals surface area contributed by atoms with Crippen LogP contribution in [-0.2, 0) is 6.54 Å². The number of nitrogens with zero attached hydrogens (tertiary/aromatic N) is 4. The second-order valence-corrected chi connectivity index (χ2v) is 5.64. The van der Waals surface area contributed by atoms with Gasteiger partial charge >= 0.3 is 6.43 Å². The van der Waals surface area contributed by atoms with E-state index in [0.29, 0.717) is 11.3 Å². The van der Waals surface area contributed by atoms with E-state index in [4.69, 9.17) is 16.0 Å². The maximum absolute atomic E-state index is 13.7. The number of pyridine rings is 1. The highest BCUT2D eigenvalue weighted by Gasteiger charge is 2.17. The van der Waals surface area contributed by atoms with Gasteiger partial charge in [-0.15, -0.1) is 10.2 Å². The number of nitrogens with two attached hydrogens (primary N) is 2. The Morgan fingerprint density at radius 1 is 1.14 bits per heavy atom. The highest BCUT2D eigenvalue weighted by molar-refractivity contribution is 5.63. The van der Waals surface area contributed by atoms with Gasteiger partial charge in [-0.2, -0.15) is 8.78 Å². The van der Waals surface area contributed by atoms with E-state index in [2.05, 4.69) is 15.2 Å². The van der Waals surface area contributed by atoms with Crippen LogP contribution in [0.25, 0.3) is 17.2 Å². The van der Waals surface area contributed by atoms with Crippen molar-refractivity contribution in [3.8, 4) is 11.5 Å². The van der Waals surface area contributed by atoms with Gasteiger partial charge in [0.2, 0.25) is 5.89 Å². The molecule has 0 saturated heterocycles. The molecule has 2 aromatic heterocycles. The van der Waals surface area contributed by atoms with Crippen LogP contribution in [0.5, 0.6) is 0 Å². The second kappa shape index (κ2) is 8.05. The minimum atomic E-state index is -2.86. The standard InChI is InChI=1S/C17H14F4N6O/c18-11-2-1-3-12(19)14(11)13(22)8-27(23)7-10-5-4-9(6-24-10)16-25-26-17(28-16)15(20)21/h1-6,8,15H,7,22-23H2/b13-8-. The molecule has 0 saturated carbocycles. The first kappa shape index (κ1) is 19.3. The summed E-state index contributed by atoms with van der Waals surface area (Å²) in [5.74, 6) is 3.29. The zero-order valence-corrected chi connectivity index (χ0v) is 14.2. The fraction of sp³-hybridized carbons (Fsp3) is 0.118. The molecule has 146 valence electrons. The monoisotopic (exact) mass is 394 g/mol. The molecule has 0 atom stereocenters. The van der Waals surface area contributed by atoms with Crippen LogP contribution < -0.4 is 11.6 Å². The van der Waals surface area contributed by atoms with Gasteiger partial charge in [0, 0.05) is 12.4 Å². The maximum Gasteiger partial charge on any atom is 0.314 e. The van der Waals surface area contributed by atoms with Crippen molar-refractivity contribution in [2.24, 2.45) is 11.6 Å². The van der Waals surface area contributed by atoms with Gasteiger partial charge < -0.3 is 15.2 Å². The van der Waals surface area contributed by atoms with Gasteiger partial charge in [-0.25, -0.2) is 14.6 Å². The maximum atomic E-state index is 13.7. The molecule has 28 heavy (non-hydrogen) atoms.